The maximum atomic E-state index is 11.9. The van der Waals surface area contributed by atoms with Gasteiger partial charge < -0.3 is 15.3 Å². The molecule has 0 aliphatic carbocycles. The molecule has 2 N–H and O–H groups in total. The van der Waals surface area contributed by atoms with Gasteiger partial charge in [-0.3, -0.25) is 14.6 Å². The molecule has 2 amide bonds. The lowest BCUT2D eigenvalue weighted by Gasteiger charge is -2.21. The number of carboxylic acid groups (broad SMARTS) is 1. The normalized spacial score (nSPS) is 17.8. The first-order valence-corrected chi connectivity index (χ1v) is 6.31. The van der Waals surface area contributed by atoms with Crippen molar-refractivity contribution in [2.75, 3.05) is 13.1 Å². The molecule has 2 rings (SSSR count). The van der Waals surface area contributed by atoms with E-state index in [0.29, 0.717) is 19.4 Å². The van der Waals surface area contributed by atoms with Crippen molar-refractivity contribution in [2.45, 2.75) is 18.9 Å². The standard InChI is InChI=1S/C13H15N3O4/c17-11(16-7-3-5-10(16)13(19)20)8-15-12(18)9-4-1-2-6-14-9/h1-2,4,6,10H,3,5,7-8H2,(H,15,18)(H,19,20). The van der Waals surface area contributed by atoms with Gasteiger partial charge in [-0.1, -0.05) is 6.07 Å². The fourth-order valence-corrected chi connectivity index (χ4v) is 2.17. The highest BCUT2D eigenvalue weighted by Crippen LogP contribution is 2.17. The van der Waals surface area contributed by atoms with Crippen LogP contribution in [0.2, 0.25) is 0 Å². The summed E-state index contributed by atoms with van der Waals surface area (Å²) in [6.45, 7) is 0.189. The third-order valence-corrected chi connectivity index (χ3v) is 3.16. The predicted octanol–water partition coefficient (Wildman–Crippen LogP) is -0.113. The van der Waals surface area contributed by atoms with Crippen molar-refractivity contribution in [3.8, 4) is 0 Å². The first kappa shape index (κ1) is 14.0. The quantitative estimate of drug-likeness (QED) is 0.799. The summed E-state index contributed by atoms with van der Waals surface area (Å²) < 4.78 is 0. The lowest BCUT2D eigenvalue weighted by Crippen LogP contribution is -2.45. The second-order valence-electron chi connectivity index (χ2n) is 4.48. The number of carbonyl (C=O) groups excluding carboxylic acids is 2. The van der Waals surface area contributed by atoms with Gasteiger partial charge in [-0.15, -0.1) is 0 Å². The molecule has 1 unspecified atom stereocenters. The largest absolute Gasteiger partial charge is 0.480 e. The zero-order valence-corrected chi connectivity index (χ0v) is 10.8. The summed E-state index contributed by atoms with van der Waals surface area (Å²) in [7, 11) is 0. The third kappa shape index (κ3) is 3.11. The Bertz CT molecular complexity index is 518. The van der Waals surface area contributed by atoms with Crippen molar-refractivity contribution in [1.82, 2.24) is 15.2 Å². The monoisotopic (exact) mass is 277 g/mol. The van der Waals surface area contributed by atoms with Gasteiger partial charge in [0, 0.05) is 12.7 Å². The molecular formula is C13H15N3O4. The SMILES string of the molecule is O=C(NCC(=O)N1CCCC1C(=O)O)c1ccccn1. The van der Waals surface area contributed by atoms with Crippen LogP contribution in [0.1, 0.15) is 23.3 Å². The van der Waals surface area contributed by atoms with Crippen molar-refractivity contribution in [2.24, 2.45) is 0 Å². The molecule has 1 aliphatic heterocycles. The average Bonchev–Trinajstić information content (AvgIpc) is 2.95. The van der Waals surface area contributed by atoms with Crippen molar-refractivity contribution < 1.29 is 19.5 Å². The van der Waals surface area contributed by atoms with Crippen LogP contribution in [0.15, 0.2) is 24.4 Å². The van der Waals surface area contributed by atoms with Gasteiger partial charge in [0.15, 0.2) is 0 Å². The minimum Gasteiger partial charge on any atom is -0.480 e. The van der Waals surface area contributed by atoms with E-state index in [0.717, 1.165) is 0 Å². The van der Waals surface area contributed by atoms with Crippen LogP contribution in [0.5, 0.6) is 0 Å². The molecular weight excluding hydrogens is 262 g/mol. The van der Waals surface area contributed by atoms with Gasteiger partial charge >= 0.3 is 5.97 Å². The molecule has 106 valence electrons. The van der Waals surface area contributed by atoms with Crippen LogP contribution in [0.25, 0.3) is 0 Å². The second-order valence-corrected chi connectivity index (χ2v) is 4.48. The van der Waals surface area contributed by atoms with Gasteiger partial charge in [0.25, 0.3) is 5.91 Å². The smallest absolute Gasteiger partial charge is 0.326 e. The number of carboxylic acids is 1. The number of hydrogen-bond donors (Lipinski definition) is 2. The zero-order chi connectivity index (χ0) is 14.5. The molecule has 7 nitrogen and oxygen atoms in total. The number of nitrogens with zero attached hydrogens (tertiary/aromatic N) is 2. The molecule has 1 aromatic rings. The van der Waals surface area contributed by atoms with Crippen LogP contribution in [0.3, 0.4) is 0 Å². The van der Waals surface area contributed by atoms with Gasteiger partial charge in [0.2, 0.25) is 5.91 Å². The number of nitrogens with one attached hydrogen (secondary N) is 1. The Morgan fingerprint density at radius 3 is 2.85 bits per heavy atom. The summed E-state index contributed by atoms with van der Waals surface area (Å²) in [4.78, 5) is 39.8. The summed E-state index contributed by atoms with van der Waals surface area (Å²) in [5, 5.41) is 11.4. The fourth-order valence-electron chi connectivity index (χ4n) is 2.17. The molecule has 1 aromatic heterocycles. The van der Waals surface area contributed by atoms with Gasteiger partial charge in [0.05, 0.1) is 6.54 Å². The summed E-state index contributed by atoms with van der Waals surface area (Å²) in [6.07, 6.45) is 2.60. The number of likely N-dealkylation sites (tertiary alicyclic amines) is 1. The Morgan fingerprint density at radius 2 is 2.20 bits per heavy atom. The summed E-state index contributed by atoms with van der Waals surface area (Å²) in [6, 6.07) is 4.11. The van der Waals surface area contributed by atoms with E-state index >= 15 is 0 Å². The number of carbonyl (C=O) groups is 3. The number of aromatic nitrogens is 1. The van der Waals surface area contributed by atoms with E-state index in [9.17, 15) is 14.4 Å². The lowest BCUT2D eigenvalue weighted by molar-refractivity contribution is -0.147. The number of pyridine rings is 1. The van der Waals surface area contributed by atoms with Crippen molar-refractivity contribution in [3.05, 3.63) is 30.1 Å². The van der Waals surface area contributed by atoms with Crippen LogP contribution >= 0.6 is 0 Å². The predicted molar refractivity (Wildman–Crippen MR) is 68.9 cm³/mol. The molecule has 2 heterocycles. The Kier molecular flexibility index (Phi) is 4.29. The van der Waals surface area contributed by atoms with E-state index < -0.39 is 17.9 Å². The van der Waals surface area contributed by atoms with Crippen LogP contribution in [-0.4, -0.2) is 51.9 Å². The highest BCUT2D eigenvalue weighted by Gasteiger charge is 2.33. The van der Waals surface area contributed by atoms with Gasteiger partial charge in [-0.05, 0) is 25.0 Å². The van der Waals surface area contributed by atoms with Gasteiger partial charge in [-0.25, -0.2) is 4.79 Å². The van der Waals surface area contributed by atoms with Crippen LogP contribution in [0.4, 0.5) is 0 Å². The van der Waals surface area contributed by atoms with E-state index in [1.807, 2.05) is 0 Å². The maximum Gasteiger partial charge on any atom is 0.326 e. The molecule has 0 spiro atoms. The topological polar surface area (TPSA) is 99.6 Å². The first-order valence-electron chi connectivity index (χ1n) is 6.31. The number of amides is 2. The summed E-state index contributed by atoms with van der Waals surface area (Å²) in [5.74, 6) is -1.85. The van der Waals surface area contributed by atoms with E-state index in [1.54, 1.807) is 12.1 Å². The van der Waals surface area contributed by atoms with Gasteiger partial charge in [0.1, 0.15) is 11.7 Å². The van der Waals surface area contributed by atoms with E-state index in [1.165, 1.54) is 17.2 Å². The molecule has 0 saturated carbocycles. The number of hydrogen-bond acceptors (Lipinski definition) is 4. The molecule has 1 fully saturated rings. The molecule has 0 aromatic carbocycles. The van der Waals surface area contributed by atoms with E-state index in [4.69, 9.17) is 5.11 Å². The zero-order valence-electron chi connectivity index (χ0n) is 10.8. The van der Waals surface area contributed by atoms with Crippen LogP contribution < -0.4 is 5.32 Å². The summed E-state index contributed by atoms with van der Waals surface area (Å²) >= 11 is 0. The van der Waals surface area contributed by atoms with Crippen molar-refractivity contribution in [3.63, 3.8) is 0 Å². The Labute approximate surface area is 115 Å². The van der Waals surface area contributed by atoms with E-state index in [-0.39, 0.29) is 18.1 Å². The van der Waals surface area contributed by atoms with Crippen LogP contribution in [0, 0.1) is 0 Å². The number of aliphatic carboxylic acids is 1. The first-order chi connectivity index (χ1) is 9.59. The molecule has 1 saturated heterocycles. The lowest BCUT2D eigenvalue weighted by atomic mass is 10.2. The molecule has 7 heteroatoms. The Hall–Kier alpha value is -2.44. The molecule has 20 heavy (non-hydrogen) atoms. The van der Waals surface area contributed by atoms with Gasteiger partial charge in [-0.2, -0.15) is 0 Å². The fraction of sp³-hybridized carbons (Fsp3) is 0.385. The summed E-state index contributed by atoms with van der Waals surface area (Å²) in [5.41, 5.74) is 0.219. The highest BCUT2D eigenvalue weighted by molar-refractivity contribution is 5.95. The Morgan fingerprint density at radius 1 is 1.40 bits per heavy atom. The Balaban J connectivity index is 1.89. The van der Waals surface area contributed by atoms with Crippen LogP contribution in [-0.2, 0) is 9.59 Å². The van der Waals surface area contributed by atoms with E-state index in [2.05, 4.69) is 10.3 Å². The van der Waals surface area contributed by atoms with Crippen molar-refractivity contribution in [1.29, 1.82) is 0 Å². The molecule has 0 radical (unpaired) electrons. The average molecular weight is 277 g/mol. The molecule has 1 atom stereocenters. The molecule has 0 bridgehead atoms. The second kappa shape index (κ2) is 6.14. The maximum absolute atomic E-state index is 11.9. The minimum absolute atomic E-state index is 0.219. The van der Waals surface area contributed by atoms with Crippen molar-refractivity contribution >= 4 is 17.8 Å². The third-order valence-electron chi connectivity index (χ3n) is 3.16. The highest BCUT2D eigenvalue weighted by atomic mass is 16.4. The molecule has 1 aliphatic rings. The minimum atomic E-state index is -1.01. The number of rotatable bonds is 4.